The number of fused-ring (bicyclic) bond motifs is 1. The molecule has 5 rings (SSSR count). The minimum Gasteiger partial charge on any atom is -0.497 e. The number of rotatable bonds is 8. The molecule has 0 amide bonds. The van der Waals surface area contributed by atoms with E-state index in [1.165, 1.54) is 36.1 Å². The molecule has 0 bridgehead atoms. The highest BCUT2D eigenvalue weighted by Crippen LogP contribution is 2.42. The molecule has 0 radical (unpaired) electrons. The highest BCUT2D eigenvalue weighted by atomic mass is 16.5. The van der Waals surface area contributed by atoms with Crippen LogP contribution in [0.3, 0.4) is 0 Å². The summed E-state index contributed by atoms with van der Waals surface area (Å²) in [6, 6.07) is 18.5. The van der Waals surface area contributed by atoms with Crippen molar-refractivity contribution in [3.63, 3.8) is 0 Å². The Labute approximate surface area is 194 Å². The lowest BCUT2D eigenvalue weighted by atomic mass is 9.81. The predicted molar refractivity (Wildman–Crippen MR) is 127 cm³/mol. The van der Waals surface area contributed by atoms with Gasteiger partial charge in [0.05, 0.1) is 44.9 Å². The third kappa shape index (κ3) is 4.13. The van der Waals surface area contributed by atoms with Crippen LogP contribution in [0.15, 0.2) is 60.8 Å². The zero-order chi connectivity index (χ0) is 22.8. The fourth-order valence-corrected chi connectivity index (χ4v) is 4.56. The van der Waals surface area contributed by atoms with E-state index in [1.807, 2.05) is 24.3 Å². The zero-order valence-electron chi connectivity index (χ0n) is 19.5. The number of nitrogens with zero attached hydrogens (tertiary/aromatic N) is 3. The number of aromatic nitrogens is 3. The molecule has 6 nitrogen and oxygen atoms in total. The van der Waals surface area contributed by atoms with Gasteiger partial charge < -0.3 is 14.2 Å². The van der Waals surface area contributed by atoms with Crippen LogP contribution in [0.5, 0.6) is 17.2 Å². The maximum Gasteiger partial charge on any atom is 0.361 e. The summed E-state index contributed by atoms with van der Waals surface area (Å²) in [6.07, 6.45) is 5.72. The van der Waals surface area contributed by atoms with E-state index in [4.69, 9.17) is 19.3 Å². The number of pyridine rings is 1. The van der Waals surface area contributed by atoms with Crippen LogP contribution in [-0.4, -0.2) is 31.1 Å². The van der Waals surface area contributed by atoms with E-state index in [9.17, 15) is 0 Å². The predicted octanol–water partition coefficient (Wildman–Crippen LogP) is 4.71. The largest absolute Gasteiger partial charge is 0.497 e. The Kier molecular flexibility index (Phi) is 5.90. The summed E-state index contributed by atoms with van der Waals surface area (Å²) in [7, 11) is 5.12. The Morgan fingerprint density at radius 2 is 1.48 bits per heavy atom. The van der Waals surface area contributed by atoms with Gasteiger partial charge in [-0.05, 0) is 48.2 Å². The molecule has 0 N–H and O–H groups in total. The maximum atomic E-state index is 5.82. The van der Waals surface area contributed by atoms with Crippen LogP contribution in [-0.2, 0) is 13.1 Å². The van der Waals surface area contributed by atoms with E-state index in [-0.39, 0.29) is 0 Å². The molecule has 2 aromatic heterocycles. The Morgan fingerprint density at radius 3 is 2.03 bits per heavy atom. The van der Waals surface area contributed by atoms with Crippen LogP contribution in [0.2, 0.25) is 0 Å². The van der Waals surface area contributed by atoms with E-state index < -0.39 is 0 Å². The molecular weight excluding hydrogens is 414 g/mol. The molecule has 2 aromatic carbocycles. The second kappa shape index (κ2) is 9.14. The molecule has 33 heavy (non-hydrogen) atoms. The average Bonchev–Trinajstić information content (AvgIpc) is 3.18. The summed E-state index contributed by atoms with van der Waals surface area (Å²) < 4.78 is 20.8. The molecule has 2 heterocycles. The Hall–Kier alpha value is -3.54. The van der Waals surface area contributed by atoms with Crippen LogP contribution < -0.4 is 18.8 Å². The lowest BCUT2D eigenvalue weighted by Gasteiger charge is -2.25. The van der Waals surface area contributed by atoms with E-state index in [2.05, 4.69) is 45.8 Å². The van der Waals surface area contributed by atoms with E-state index in [1.54, 1.807) is 21.3 Å². The van der Waals surface area contributed by atoms with E-state index >= 15 is 0 Å². The molecule has 1 fully saturated rings. The topological polar surface area (TPSA) is 49.4 Å². The van der Waals surface area contributed by atoms with Gasteiger partial charge >= 0.3 is 5.65 Å². The van der Waals surface area contributed by atoms with Gasteiger partial charge in [-0.2, -0.15) is 4.68 Å². The minimum absolute atomic E-state index is 0.513. The number of ether oxygens (including phenoxy) is 3. The van der Waals surface area contributed by atoms with Gasteiger partial charge in [0.1, 0.15) is 29.2 Å². The normalized spacial score (nSPS) is 13.7. The smallest absolute Gasteiger partial charge is 0.361 e. The third-order valence-electron chi connectivity index (χ3n) is 6.61. The quantitative estimate of drug-likeness (QED) is 0.369. The van der Waals surface area contributed by atoms with Crippen molar-refractivity contribution in [1.82, 2.24) is 9.78 Å². The van der Waals surface area contributed by atoms with E-state index in [0.717, 1.165) is 41.4 Å². The van der Waals surface area contributed by atoms with Crippen molar-refractivity contribution in [2.24, 2.45) is 0 Å². The van der Waals surface area contributed by atoms with Gasteiger partial charge in [-0.3, -0.25) is 0 Å². The van der Waals surface area contributed by atoms with Crippen LogP contribution in [0.25, 0.3) is 11.0 Å². The van der Waals surface area contributed by atoms with Crippen molar-refractivity contribution >= 4 is 11.0 Å². The second-order valence-electron chi connectivity index (χ2n) is 8.58. The fraction of sp³-hybridized carbons (Fsp3) is 0.333. The lowest BCUT2D eigenvalue weighted by Crippen LogP contribution is -2.35. The second-order valence-corrected chi connectivity index (χ2v) is 8.58. The summed E-state index contributed by atoms with van der Waals surface area (Å²) in [6.45, 7) is 1.45. The van der Waals surface area contributed by atoms with Crippen molar-refractivity contribution in [2.75, 3.05) is 21.3 Å². The standard InChI is InChI=1S/C27H30N3O3/c1-31-22-11-7-19(8-12-22)17-29-16-15-24(33-3)25-26(21-5-4-6-21)30(28-27(25)29)18-20-9-13-23(32-2)14-10-20/h7-16,21H,4-6,17-18H2,1-3H3/q+1. The molecule has 170 valence electrons. The first kappa shape index (κ1) is 21.3. The van der Waals surface area contributed by atoms with Crippen LogP contribution in [0, 0.1) is 0 Å². The molecule has 1 saturated carbocycles. The molecule has 0 saturated heterocycles. The van der Waals surface area contributed by atoms with Gasteiger partial charge in [-0.1, -0.05) is 30.7 Å². The zero-order valence-corrected chi connectivity index (χ0v) is 19.5. The number of benzene rings is 2. The SMILES string of the molecule is COc1ccc(Cn2nc3c(c(OC)cc[n+]3Cc3ccc(OC)cc3)c2C2CCC2)cc1. The first-order valence-corrected chi connectivity index (χ1v) is 11.4. The van der Waals surface area contributed by atoms with Crippen molar-refractivity contribution in [1.29, 1.82) is 0 Å². The number of hydrogen-bond acceptors (Lipinski definition) is 4. The van der Waals surface area contributed by atoms with Crippen LogP contribution >= 0.6 is 0 Å². The molecule has 0 spiro atoms. The molecule has 0 atom stereocenters. The molecule has 0 aliphatic heterocycles. The van der Waals surface area contributed by atoms with Gasteiger partial charge in [0, 0.05) is 12.0 Å². The molecule has 4 aromatic rings. The summed E-state index contributed by atoms with van der Waals surface area (Å²) in [5.41, 5.74) is 4.64. The highest BCUT2D eigenvalue weighted by molar-refractivity contribution is 5.83. The number of hydrogen-bond donors (Lipinski definition) is 0. The molecule has 0 unspecified atom stereocenters. The first-order chi connectivity index (χ1) is 16.2. The van der Waals surface area contributed by atoms with Crippen LogP contribution in [0.1, 0.15) is 42.0 Å². The average molecular weight is 445 g/mol. The van der Waals surface area contributed by atoms with Crippen molar-refractivity contribution in [3.8, 4) is 17.2 Å². The fourth-order valence-electron chi connectivity index (χ4n) is 4.56. The minimum atomic E-state index is 0.513. The lowest BCUT2D eigenvalue weighted by molar-refractivity contribution is -0.664. The van der Waals surface area contributed by atoms with Gasteiger partial charge in [-0.15, -0.1) is 0 Å². The molecule has 1 aliphatic rings. The first-order valence-electron chi connectivity index (χ1n) is 11.4. The summed E-state index contributed by atoms with van der Waals surface area (Å²) >= 11 is 0. The Bertz CT molecular complexity index is 1240. The number of methoxy groups -OCH3 is 3. The Morgan fingerprint density at radius 1 is 0.848 bits per heavy atom. The monoisotopic (exact) mass is 444 g/mol. The molecular formula is C27H30N3O3+. The highest BCUT2D eigenvalue weighted by Gasteiger charge is 2.33. The maximum absolute atomic E-state index is 5.82. The van der Waals surface area contributed by atoms with Crippen LogP contribution in [0.4, 0.5) is 0 Å². The third-order valence-corrected chi connectivity index (χ3v) is 6.61. The molecule has 1 aliphatic carbocycles. The summed E-state index contributed by atoms with van der Waals surface area (Å²) in [4.78, 5) is 0. The van der Waals surface area contributed by atoms with Gasteiger partial charge in [0.2, 0.25) is 0 Å². The summed E-state index contributed by atoms with van der Waals surface area (Å²) in [5, 5.41) is 6.27. The van der Waals surface area contributed by atoms with E-state index in [0.29, 0.717) is 5.92 Å². The molecule has 6 heteroatoms. The van der Waals surface area contributed by atoms with Gasteiger partial charge in [0.25, 0.3) is 0 Å². The van der Waals surface area contributed by atoms with Gasteiger partial charge in [-0.25, -0.2) is 4.57 Å². The van der Waals surface area contributed by atoms with Crippen molar-refractivity contribution < 1.29 is 18.8 Å². The van der Waals surface area contributed by atoms with Gasteiger partial charge in [0.15, 0.2) is 0 Å². The Balaban J connectivity index is 1.59. The van der Waals surface area contributed by atoms with Crippen molar-refractivity contribution in [3.05, 3.63) is 77.6 Å². The summed E-state index contributed by atoms with van der Waals surface area (Å²) in [5.74, 6) is 3.13. The van der Waals surface area contributed by atoms with Crippen molar-refractivity contribution in [2.45, 2.75) is 38.3 Å².